The molecule has 1 amide bonds. The Labute approximate surface area is 98.6 Å². The summed E-state index contributed by atoms with van der Waals surface area (Å²) in [7, 11) is 4.74. The third kappa shape index (κ3) is 10.5. The third-order valence-corrected chi connectivity index (χ3v) is 1.31. The summed E-state index contributed by atoms with van der Waals surface area (Å²) in [6.45, 7) is 10.1. The third-order valence-electron chi connectivity index (χ3n) is 1.31. The van der Waals surface area contributed by atoms with Crippen molar-refractivity contribution in [1.29, 1.82) is 0 Å². The summed E-state index contributed by atoms with van der Waals surface area (Å²) in [5, 5.41) is 0. The van der Waals surface area contributed by atoms with Crippen LogP contribution in [0.15, 0.2) is 24.3 Å². The normalized spacial score (nSPS) is 7.56. The highest BCUT2D eigenvalue weighted by atomic mass is 16.5. The van der Waals surface area contributed by atoms with Crippen LogP contribution in [0, 0.1) is 0 Å². The summed E-state index contributed by atoms with van der Waals surface area (Å²) < 4.78 is 4.27. The van der Waals surface area contributed by atoms with Gasteiger partial charge in [-0.05, 0) is 13.8 Å². The number of hydrogen-bond acceptors (Lipinski definition) is 3. The monoisotopic (exact) mass is 229 g/mol. The number of carbonyl (C=O) groups is 2. The molecule has 0 spiro atoms. The number of amides is 1. The topological polar surface area (TPSA) is 46.6 Å². The fraction of sp³-hybridized carbons (Fsp3) is 0.500. The van der Waals surface area contributed by atoms with E-state index in [1.165, 1.54) is 12.0 Å². The minimum atomic E-state index is -0.347. The second kappa shape index (κ2) is 9.96. The predicted octanol–water partition coefficient (Wildman–Crippen LogP) is 2.02. The van der Waals surface area contributed by atoms with E-state index in [1.807, 2.05) is 0 Å². The number of esters is 1. The van der Waals surface area contributed by atoms with Gasteiger partial charge in [-0.1, -0.05) is 20.6 Å². The molecule has 0 heterocycles. The Morgan fingerprint density at radius 3 is 1.44 bits per heavy atom. The Bertz CT molecular complexity index is 267. The molecule has 0 saturated carbocycles. The molecule has 16 heavy (non-hydrogen) atoms. The summed E-state index contributed by atoms with van der Waals surface area (Å²) in [5.41, 5.74) is 1.01. The zero-order chi connectivity index (χ0) is 12.6. The van der Waals surface area contributed by atoms with Gasteiger partial charge in [0.05, 0.1) is 7.11 Å². The van der Waals surface area contributed by atoms with Crippen molar-refractivity contribution in [3.05, 3.63) is 24.3 Å². The molecule has 0 aromatic rings. The molecule has 94 valence electrons. The van der Waals surface area contributed by atoms with Crippen molar-refractivity contribution < 1.29 is 14.3 Å². The molecule has 0 rings (SSSR count). The molecule has 0 unspecified atom stereocenters. The average Bonchev–Trinajstić information content (AvgIpc) is 2.15. The van der Waals surface area contributed by atoms with E-state index in [9.17, 15) is 9.59 Å². The standard InChI is InChI=1S/C6H11NO.C5H8O2.CH4/c1-5(2)6(8)7(3)4;1-4(2)5(6)7-3;/h1H2,2-4H3;1H2,2-3H3;1H4. The van der Waals surface area contributed by atoms with E-state index in [2.05, 4.69) is 17.9 Å². The SMILES string of the molecule is C.C=C(C)C(=O)N(C)C.C=C(C)C(=O)OC. The van der Waals surface area contributed by atoms with Crippen molar-refractivity contribution in [3.8, 4) is 0 Å². The summed E-state index contributed by atoms with van der Waals surface area (Å²) in [6.07, 6.45) is 0. The maximum Gasteiger partial charge on any atom is 0.332 e. The molecule has 0 saturated heterocycles. The first-order chi connectivity index (χ1) is 6.73. The molecule has 0 aliphatic heterocycles. The highest BCUT2D eigenvalue weighted by Gasteiger charge is 2.01. The van der Waals surface area contributed by atoms with Crippen LogP contribution in [0.3, 0.4) is 0 Å². The molecule has 0 bridgehead atoms. The first-order valence-corrected chi connectivity index (χ1v) is 4.35. The molecular weight excluding hydrogens is 206 g/mol. The average molecular weight is 229 g/mol. The molecule has 0 aromatic heterocycles. The van der Waals surface area contributed by atoms with Crippen LogP contribution in [-0.4, -0.2) is 38.0 Å². The van der Waals surface area contributed by atoms with E-state index < -0.39 is 0 Å². The van der Waals surface area contributed by atoms with Crippen LogP contribution in [0.1, 0.15) is 21.3 Å². The molecule has 0 atom stereocenters. The van der Waals surface area contributed by atoms with Crippen LogP contribution >= 0.6 is 0 Å². The first-order valence-electron chi connectivity index (χ1n) is 4.35. The number of methoxy groups -OCH3 is 1. The predicted molar refractivity (Wildman–Crippen MR) is 67.1 cm³/mol. The molecule has 0 N–H and O–H groups in total. The minimum absolute atomic E-state index is 0. The fourth-order valence-corrected chi connectivity index (χ4v) is 0.556. The lowest BCUT2D eigenvalue weighted by atomic mass is 10.3. The molecule has 0 aliphatic rings. The summed E-state index contributed by atoms with van der Waals surface area (Å²) in [6, 6.07) is 0. The maximum absolute atomic E-state index is 10.7. The van der Waals surface area contributed by atoms with Crippen molar-refractivity contribution >= 4 is 11.9 Å². The Morgan fingerprint density at radius 2 is 1.44 bits per heavy atom. The number of likely N-dealkylation sites (N-methyl/N-ethyl adjacent to an activating group) is 1. The zero-order valence-electron chi connectivity index (χ0n) is 10.1. The summed E-state index contributed by atoms with van der Waals surface area (Å²) in [4.78, 5) is 22.4. The highest BCUT2D eigenvalue weighted by molar-refractivity contribution is 5.91. The fourth-order valence-electron chi connectivity index (χ4n) is 0.556. The van der Waals surface area contributed by atoms with Crippen LogP contribution in [0.25, 0.3) is 0 Å². The van der Waals surface area contributed by atoms with E-state index in [-0.39, 0.29) is 19.3 Å². The van der Waals surface area contributed by atoms with Crippen LogP contribution < -0.4 is 0 Å². The zero-order valence-corrected chi connectivity index (χ0v) is 10.1. The van der Waals surface area contributed by atoms with Gasteiger partial charge in [0.1, 0.15) is 0 Å². The Balaban J connectivity index is -0.000000200. The van der Waals surface area contributed by atoms with E-state index in [0.29, 0.717) is 11.1 Å². The van der Waals surface area contributed by atoms with Gasteiger partial charge in [-0.3, -0.25) is 4.79 Å². The van der Waals surface area contributed by atoms with Gasteiger partial charge in [-0.25, -0.2) is 4.79 Å². The van der Waals surface area contributed by atoms with Gasteiger partial charge in [0.25, 0.3) is 0 Å². The van der Waals surface area contributed by atoms with Crippen molar-refractivity contribution in [2.45, 2.75) is 21.3 Å². The van der Waals surface area contributed by atoms with Crippen molar-refractivity contribution in [2.24, 2.45) is 0 Å². The number of hydrogen-bond donors (Lipinski definition) is 0. The maximum atomic E-state index is 10.7. The molecule has 0 radical (unpaired) electrons. The van der Waals surface area contributed by atoms with Gasteiger partial charge in [-0.2, -0.15) is 0 Å². The molecule has 0 aliphatic carbocycles. The second-order valence-corrected chi connectivity index (χ2v) is 3.25. The lowest BCUT2D eigenvalue weighted by molar-refractivity contribution is -0.136. The van der Waals surface area contributed by atoms with Crippen molar-refractivity contribution in [3.63, 3.8) is 0 Å². The summed E-state index contributed by atoms with van der Waals surface area (Å²) >= 11 is 0. The Hall–Kier alpha value is -1.58. The van der Waals surface area contributed by atoms with E-state index in [1.54, 1.807) is 27.9 Å². The van der Waals surface area contributed by atoms with E-state index in [4.69, 9.17) is 0 Å². The van der Waals surface area contributed by atoms with Crippen LogP contribution in [0.2, 0.25) is 0 Å². The highest BCUT2D eigenvalue weighted by Crippen LogP contribution is 1.90. The van der Waals surface area contributed by atoms with Gasteiger partial charge >= 0.3 is 5.97 Å². The van der Waals surface area contributed by atoms with Gasteiger partial charge in [0.2, 0.25) is 5.91 Å². The quantitative estimate of drug-likeness (QED) is 0.537. The van der Waals surface area contributed by atoms with Crippen LogP contribution in [0.4, 0.5) is 0 Å². The summed E-state index contributed by atoms with van der Waals surface area (Å²) in [5.74, 6) is -0.356. The minimum Gasteiger partial charge on any atom is -0.466 e. The Morgan fingerprint density at radius 1 is 1.06 bits per heavy atom. The first kappa shape index (κ1) is 19.9. The Kier molecular flexibility index (Phi) is 12.4. The smallest absolute Gasteiger partial charge is 0.332 e. The number of rotatable bonds is 2. The lowest BCUT2D eigenvalue weighted by Crippen LogP contribution is -2.21. The largest absolute Gasteiger partial charge is 0.466 e. The van der Waals surface area contributed by atoms with Gasteiger partial charge in [0, 0.05) is 25.2 Å². The number of ether oxygens (including phenoxy) is 1. The molecule has 4 heteroatoms. The van der Waals surface area contributed by atoms with Crippen LogP contribution in [-0.2, 0) is 14.3 Å². The van der Waals surface area contributed by atoms with Gasteiger partial charge in [0.15, 0.2) is 0 Å². The van der Waals surface area contributed by atoms with E-state index >= 15 is 0 Å². The van der Waals surface area contributed by atoms with Gasteiger partial charge < -0.3 is 9.64 Å². The number of carbonyl (C=O) groups excluding carboxylic acids is 2. The van der Waals surface area contributed by atoms with E-state index in [0.717, 1.165) is 0 Å². The molecule has 0 aromatic carbocycles. The van der Waals surface area contributed by atoms with Crippen molar-refractivity contribution in [1.82, 2.24) is 4.90 Å². The van der Waals surface area contributed by atoms with Crippen LogP contribution in [0.5, 0.6) is 0 Å². The molecule has 0 fully saturated rings. The molecular formula is C12H23NO3. The van der Waals surface area contributed by atoms with Crippen molar-refractivity contribution in [2.75, 3.05) is 21.2 Å². The second-order valence-electron chi connectivity index (χ2n) is 3.25. The lowest BCUT2D eigenvalue weighted by Gasteiger charge is -2.07. The number of nitrogens with zero attached hydrogens (tertiary/aromatic N) is 1. The molecule has 4 nitrogen and oxygen atoms in total. The van der Waals surface area contributed by atoms with Gasteiger partial charge in [-0.15, -0.1) is 0 Å².